The molecular formula is C29H37N4Na. The average Bonchev–Trinajstić information content (AvgIpc) is 3.54. The van der Waals surface area contributed by atoms with E-state index in [-0.39, 0.29) is 29.6 Å². The van der Waals surface area contributed by atoms with Crippen LogP contribution in [0.3, 0.4) is 0 Å². The maximum Gasteiger partial charge on any atom is 1.00 e. The van der Waals surface area contributed by atoms with Crippen molar-refractivity contribution in [1.29, 1.82) is 0 Å². The summed E-state index contributed by atoms with van der Waals surface area (Å²) in [7, 11) is 0. The zero-order chi connectivity index (χ0) is 23.9. The van der Waals surface area contributed by atoms with Crippen molar-refractivity contribution < 1.29 is 29.6 Å². The van der Waals surface area contributed by atoms with Gasteiger partial charge in [0.15, 0.2) is 0 Å². The molecule has 0 radical (unpaired) electrons. The summed E-state index contributed by atoms with van der Waals surface area (Å²) in [5, 5.41) is 10.5. The summed E-state index contributed by atoms with van der Waals surface area (Å²) in [6.07, 6.45) is 15.0. The molecule has 4 nitrogen and oxygen atoms in total. The number of aromatic amines is 1. The van der Waals surface area contributed by atoms with Crippen LogP contribution in [0.4, 0.5) is 5.69 Å². The number of rotatable bonds is 9. The van der Waals surface area contributed by atoms with E-state index in [1.807, 2.05) is 26.8 Å². The van der Waals surface area contributed by atoms with E-state index in [0.717, 1.165) is 34.6 Å². The number of hydrogen-bond donors (Lipinski definition) is 2. The predicted molar refractivity (Wildman–Crippen MR) is 142 cm³/mol. The number of aromatic nitrogens is 2. The second-order valence-corrected chi connectivity index (χ2v) is 7.62. The number of anilines is 1. The van der Waals surface area contributed by atoms with Gasteiger partial charge in [0.25, 0.3) is 0 Å². The SMILES string of the molecule is C=C[C-]=C/C(C#Cc1cn[nH]c1C(=C)Nc1ccc(CCCN2CCCC2)cc1)=C\C.CC.[Na+]. The van der Waals surface area contributed by atoms with Crippen LogP contribution in [0.5, 0.6) is 0 Å². The third kappa shape index (κ3) is 9.91. The summed E-state index contributed by atoms with van der Waals surface area (Å²) < 4.78 is 0. The molecule has 34 heavy (non-hydrogen) atoms. The molecule has 1 saturated heterocycles. The molecule has 0 atom stereocenters. The van der Waals surface area contributed by atoms with Crippen LogP contribution in [0.15, 0.2) is 67.4 Å². The van der Waals surface area contributed by atoms with E-state index in [4.69, 9.17) is 0 Å². The van der Waals surface area contributed by atoms with Crippen LogP contribution >= 0.6 is 0 Å². The van der Waals surface area contributed by atoms with Crippen molar-refractivity contribution in [3.8, 4) is 11.8 Å². The largest absolute Gasteiger partial charge is 1.00 e. The third-order valence-corrected chi connectivity index (χ3v) is 5.34. The number of allylic oxidation sites excluding steroid dienone is 5. The van der Waals surface area contributed by atoms with Crippen LogP contribution in [0.1, 0.15) is 56.9 Å². The van der Waals surface area contributed by atoms with Crippen molar-refractivity contribution in [3.63, 3.8) is 0 Å². The normalized spacial score (nSPS) is 13.3. The maximum absolute atomic E-state index is 4.16. The fourth-order valence-electron chi connectivity index (χ4n) is 3.60. The first-order valence-electron chi connectivity index (χ1n) is 11.9. The summed E-state index contributed by atoms with van der Waals surface area (Å²) in [6.45, 7) is 17.5. The van der Waals surface area contributed by atoms with Gasteiger partial charge in [0.2, 0.25) is 0 Å². The molecular weight excluding hydrogens is 427 g/mol. The van der Waals surface area contributed by atoms with Crippen molar-refractivity contribution in [2.75, 3.05) is 25.0 Å². The Morgan fingerprint density at radius 2 is 1.94 bits per heavy atom. The average molecular weight is 465 g/mol. The topological polar surface area (TPSA) is 44.0 Å². The maximum atomic E-state index is 4.16. The molecule has 1 aliphatic rings. The molecule has 0 amide bonds. The first kappa shape index (κ1) is 29.7. The summed E-state index contributed by atoms with van der Waals surface area (Å²) in [5.41, 5.74) is 5.55. The van der Waals surface area contributed by atoms with Gasteiger partial charge in [-0.05, 0) is 63.0 Å². The van der Waals surface area contributed by atoms with E-state index >= 15 is 0 Å². The number of benzene rings is 1. The minimum absolute atomic E-state index is 0. The zero-order valence-electron chi connectivity index (χ0n) is 21.4. The van der Waals surface area contributed by atoms with Gasteiger partial charge in [-0.1, -0.05) is 51.0 Å². The van der Waals surface area contributed by atoms with Crippen LogP contribution in [-0.4, -0.2) is 34.7 Å². The molecule has 1 fully saturated rings. The van der Waals surface area contributed by atoms with Crippen molar-refractivity contribution in [3.05, 3.63) is 90.3 Å². The number of nitrogens with one attached hydrogen (secondary N) is 2. The molecule has 174 valence electrons. The second kappa shape index (κ2) is 17.2. The summed E-state index contributed by atoms with van der Waals surface area (Å²) >= 11 is 0. The van der Waals surface area contributed by atoms with Gasteiger partial charge in [-0.3, -0.25) is 5.10 Å². The summed E-state index contributed by atoms with van der Waals surface area (Å²) in [4.78, 5) is 2.57. The van der Waals surface area contributed by atoms with Crippen molar-refractivity contribution in [1.82, 2.24) is 15.1 Å². The van der Waals surface area contributed by atoms with Gasteiger partial charge in [-0.25, -0.2) is 0 Å². The molecule has 0 bridgehead atoms. The Bertz CT molecular complexity index is 997. The number of likely N-dealkylation sites (tertiary alicyclic amines) is 1. The Morgan fingerprint density at radius 1 is 1.24 bits per heavy atom. The number of aryl methyl sites for hydroxylation is 1. The van der Waals surface area contributed by atoms with Crippen molar-refractivity contribution >= 4 is 11.4 Å². The summed E-state index contributed by atoms with van der Waals surface area (Å²) in [5.74, 6) is 6.28. The van der Waals surface area contributed by atoms with Crippen LogP contribution in [0.25, 0.3) is 5.70 Å². The predicted octanol–water partition coefficient (Wildman–Crippen LogP) is 3.39. The van der Waals surface area contributed by atoms with Gasteiger partial charge >= 0.3 is 29.6 Å². The van der Waals surface area contributed by atoms with Gasteiger partial charge in [-0.15, -0.1) is 12.0 Å². The number of H-pyrrole nitrogens is 1. The molecule has 0 saturated carbocycles. The van der Waals surface area contributed by atoms with Gasteiger partial charge in [-0.2, -0.15) is 29.9 Å². The second-order valence-electron chi connectivity index (χ2n) is 7.62. The Morgan fingerprint density at radius 3 is 2.59 bits per heavy atom. The fraction of sp³-hybridized carbons (Fsp3) is 0.345. The Kier molecular flexibility index (Phi) is 15.0. The molecule has 0 unspecified atom stereocenters. The van der Waals surface area contributed by atoms with Crippen LogP contribution < -0.4 is 34.9 Å². The number of nitrogens with zero attached hydrogens (tertiary/aromatic N) is 2. The van der Waals surface area contributed by atoms with Gasteiger partial charge in [0, 0.05) is 5.69 Å². The van der Waals surface area contributed by atoms with Crippen molar-refractivity contribution in [2.24, 2.45) is 0 Å². The minimum Gasteiger partial charge on any atom is -0.354 e. The summed E-state index contributed by atoms with van der Waals surface area (Å²) in [6, 6.07) is 8.58. The smallest absolute Gasteiger partial charge is 0.354 e. The standard InChI is InChI=1S/C27H31N4.C2H6.Na/c1-4-6-10-23(5-2)12-15-25-21-28-30-27(25)22(3)29-26-16-13-24(14-17-26)11-9-20-31-18-7-8-19-31;1-2;/h4-5,10,13-14,16-17,21,29H,1,3,7-9,11,18-20H2,2H3,(H,28,30);1-2H3;/q-1;;+1/b23-5+;;. The molecule has 1 aromatic carbocycles. The molecule has 2 heterocycles. The van der Waals surface area contributed by atoms with Crippen molar-refractivity contribution in [2.45, 2.75) is 46.5 Å². The number of hydrogen-bond acceptors (Lipinski definition) is 3. The van der Waals surface area contributed by atoms with Gasteiger partial charge < -0.3 is 10.2 Å². The third-order valence-electron chi connectivity index (χ3n) is 5.34. The van der Waals surface area contributed by atoms with E-state index < -0.39 is 0 Å². The van der Waals surface area contributed by atoms with E-state index in [1.54, 1.807) is 18.3 Å². The fourth-order valence-corrected chi connectivity index (χ4v) is 3.60. The Hall–Kier alpha value is -2.29. The van der Waals surface area contributed by atoms with Gasteiger partial charge in [0.1, 0.15) is 0 Å². The first-order valence-corrected chi connectivity index (χ1v) is 11.9. The Labute approximate surface area is 228 Å². The van der Waals surface area contributed by atoms with E-state index in [1.165, 1.54) is 44.5 Å². The van der Waals surface area contributed by atoms with E-state index in [2.05, 4.69) is 75.8 Å². The van der Waals surface area contributed by atoms with E-state index in [9.17, 15) is 0 Å². The monoisotopic (exact) mass is 464 g/mol. The molecule has 0 spiro atoms. The van der Waals surface area contributed by atoms with Crippen LogP contribution in [0.2, 0.25) is 0 Å². The minimum atomic E-state index is 0. The van der Waals surface area contributed by atoms with Gasteiger partial charge in [0.05, 0.1) is 23.2 Å². The molecule has 1 aromatic heterocycles. The first-order chi connectivity index (χ1) is 16.2. The molecule has 5 heteroatoms. The molecule has 1 aliphatic heterocycles. The molecule has 3 rings (SSSR count). The molecule has 2 aromatic rings. The zero-order valence-corrected chi connectivity index (χ0v) is 23.4. The van der Waals surface area contributed by atoms with Crippen LogP contribution in [-0.2, 0) is 6.42 Å². The van der Waals surface area contributed by atoms with E-state index in [0.29, 0.717) is 0 Å². The molecule has 0 aliphatic carbocycles. The quantitative estimate of drug-likeness (QED) is 0.259. The van der Waals surface area contributed by atoms with Crippen LogP contribution in [0, 0.1) is 17.9 Å². The Balaban J connectivity index is 0.00000188. The molecule has 2 N–H and O–H groups in total.